The maximum atomic E-state index is 14.3. The second-order valence-corrected chi connectivity index (χ2v) is 16.9. The standard InChI is InChI=1S/C54H58O3/c1-3-5-7-9-11-13-15-21-31-56-46-34-44-38-24-18-17-23-36(38)33-37-27-28-40-41-29-30-43-49-45(39-25-19-20-26-42(39)54(43)55)35-47(53(51(41)49)52(46)50(40)48(37)44)57-32-22-16-14-12-10-8-6-4-2/h17-20,23-30,34-35H,3-16,21-22,31-33H2,1-2H3. The lowest BCUT2D eigenvalue weighted by atomic mass is 9.76. The van der Waals surface area contributed by atoms with E-state index in [4.69, 9.17) is 9.47 Å². The third-order valence-electron chi connectivity index (χ3n) is 13.0. The number of carbonyl (C=O) groups is 1. The summed E-state index contributed by atoms with van der Waals surface area (Å²) in [5, 5.41) is 9.40. The second-order valence-electron chi connectivity index (χ2n) is 16.9. The van der Waals surface area contributed by atoms with Gasteiger partial charge in [-0.1, -0.05) is 170 Å². The van der Waals surface area contributed by atoms with Crippen molar-refractivity contribution in [2.24, 2.45) is 0 Å². The summed E-state index contributed by atoms with van der Waals surface area (Å²) in [5.74, 6) is 1.94. The average molecular weight is 755 g/mol. The predicted octanol–water partition coefficient (Wildman–Crippen LogP) is 15.6. The van der Waals surface area contributed by atoms with Crippen molar-refractivity contribution in [3.63, 3.8) is 0 Å². The van der Waals surface area contributed by atoms with Crippen molar-refractivity contribution in [1.29, 1.82) is 0 Å². The Balaban J connectivity index is 1.20. The van der Waals surface area contributed by atoms with Gasteiger partial charge in [0.2, 0.25) is 0 Å². The first-order valence-corrected chi connectivity index (χ1v) is 22.4. The molecule has 0 saturated carbocycles. The summed E-state index contributed by atoms with van der Waals surface area (Å²) in [6.07, 6.45) is 21.0. The molecule has 0 fully saturated rings. The zero-order chi connectivity index (χ0) is 38.7. The van der Waals surface area contributed by atoms with Gasteiger partial charge in [-0.15, -0.1) is 0 Å². The molecular weight excluding hydrogens is 697 g/mol. The summed E-state index contributed by atoms with van der Waals surface area (Å²) in [6, 6.07) is 30.6. The summed E-state index contributed by atoms with van der Waals surface area (Å²) in [6.45, 7) is 5.91. The van der Waals surface area contributed by atoms with E-state index in [-0.39, 0.29) is 5.78 Å². The van der Waals surface area contributed by atoms with Crippen LogP contribution in [0.2, 0.25) is 0 Å². The maximum absolute atomic E-state index is 14.3. The fourth-order valence-electron chi connectivity index (χ4n) is 10.1. The molecule has 57 heavy (non-hydrogen) atoms. The Hall–Kier alpha value is -4.89. The fourth-order valence-corrected chi connectivity index (χ4v) is 10.1. The van der Waals surface area contributed by atoms with Gasteiger partial charge in [0.05, 0.1) is 13.2 Å². The Morgan fingerprint density at radius 2 is 0.895 bits per heavy atom. The highest BCUT2D eigenvalue weighted by molar-refractivity contribution is 6.41. The fraction of sp³-hybridized carbons (Fsp3) is 0.389. The number of benzene rings is 7. The lowest BCUT2D eigenvalue weighted by Crippen LogP contribution is -2.11. The van der Waals surface area contributed by atoms with Crippen molar-refractivity contribution in [2.75, 3.05) is 13.2 Å². The molecule has 0 bridgehead atoms. The van der Waals surface area contributed by atoms with Gasteiger partial charge in [-0.2, -0.15) is 0 Å². The van der Waals surface area contributed by atoms with E-state index in [1.54, 1.807) is 0 Å². The SMILES string of the molecule is CCCCCCCCCCOc1cc2c3c(ccc4c5ccc6c7c(cc(OCCCCCCCCCC)c(c1c34)c75)-c1ccccc1C6=O)Cc1ccccc1-2. The minimum atomic E-state index is 0.0991. The van der Waals surface area contributed by atoms with Crippen LogP contribution in [-0.2, 0) is 6.42 Å². The van der Waals surface area contributed by atoms with Gasteiger partial charge in [-0.25, -0.2) is 0 Å². The molecule has 0 spiro atoms. The van der Waals surface area contributed by atoms with Gasteiger partial charge < -0.3 is 9.47 Å². The molecule has 0 aromatic heterocycles. The molecule has 9 rings (SSSR count). The summed E-state index contributed by atoms with van der Waals surface area (Å²) in [7, 11) is 0. The van der Waals surface area contributed by atoms with Crippen molar-refractivity contribution in [1.82, 2.24) is 0 Å². The summed E-state index contributed by atoms with van der Waals surface area (Å²) in [4.78, 5) is 14.3. The number of ether oxygens (including phenoxy) is 2. The van der Waals surface area contributed by atoms with Gasteiger partial charge in [-0.05, 0) is 87.0 Å². The van der Waals surface area contributed by atoms with Crippen LogP contribution in [0.1, 0.15) is 144 Å². The van der Waals surface area contributed by atoms with Gasteiger partial charge in [0, 0.05) is 38.1 Å². The highest BCUT2D eigenvalue weighted by atomic mass is 16.5. The molecular formula is C54H58O3. The summed E-state index contributed by atoms with van der Waals surface area (Å²) in [5.41, 5.74) is 8.92. The first-order chi connectivity index (χ1) is 28.2. The van der Waals surface area contributed by atoms with Gasteiger partial charge in [-0.3, -0.25) is 4.79 Å². The van der Waals surface area contributed by atoms with E-state index in [1.165, 1.54) is 134 Å². The van der Waals surface area contributed by atoms with Crippen LogP contribution >= 0.6 is 0 Å². The van der Waals surface area contributed by atoms with Crippen molar-refractivity contribution >= 4 is 48.9 Å². The van der Waals surface area contributed by atoms with Gasteiger partial charge in [0.1, 0.15) is 11.5 Å². The third-order valence-corrected chi connectivity index (χ3v) is 13.0. The molecule has 3 nitrogen and oxygen atoms in total. The quantitative estimate of drug-likeness (QED) is 0.0441. The topological polar surface area (TPSA) is 35.5 Å². The van der Waals surface area contributed by atoms with E-state index < -0.39 is 0 Å². The Labute approximate surface area is 339 Å². The predicted molar refractivity (Wildman–Crippen MR) is 241 cm³/mol. The number of fused-ring (bicyclic) bond motifs is 6. The van der Waals surface area contributed by atoms with Crippen LogP contribution in [0.5, 0.6) is 11.5 Å². The highest BCUT2D eigenvalue weighted by Crippen LogP contribution is 2.55. The maximum Gasteiger partial charge on any atom is 0.194 e. The molecule has 0 radical (unpaired) electrons. The molecule has 0 heterocycles. The first-order valence-electron chi connectivity index (χ1n) is 22.4. The minimum absolute atomic E-state index is 0.0991. The molecule has 0 aliphatic heterocycles. The first kappa shape index (κ1) is 37.7. The normalized spacial score (nSPS) is 12.9. The largest absolute Gasteiger partial charge is 0.493 e. The van der Waals surface area contributed by atoms with E-state index in [2.05, 4.69) is 86.6 Å². The lowest BCUT2D eigenvalue weighted by molar-refractivity contribution is 0.104. The number of hydrogen-bond donors (Lipinski definition) is 0. The van der Waals surface area contributed by atoms with Crippen molar-refractivity contribution < 1.29 is 14.3 Å². The molecule has 0 atom stereocenters. The highest BCUT2D eigenvalue weighted by Gasteiger charge is 2.32. The van der Waals surface area contributed by atoms with Crippen molar-refractivity contribution in [3.05, 3.63) is 107 Å². The summed E-state index contributed by atoms with van der Waals surface area (Å²) >= 11 is 0. The van der Waals surface area contributed by atoms with Gasteiger partial charge in [0.15, 0.2) is 5.78 Å². The monoisotopic (exact) mass is 754 g/mol. The van der Waals surface area contributed by atoms with E-state index in [9.17, 15) is 4.79 Å². The second kappa shape index (κ2) is 16.9. The smallest absolute Gasteiger partial charge is 0.194 e. The lowest BCUT2D eigenvalue weighted by Gasteiger charge is -2.28. The molecule has 0 amide bonds. The molecule has 7 aromatic rings. The number of hydrogen-bond acceptors (Lipinski definition) is 3. The van der Waals surface area contributed by atoms with Crippen LogP contribution in [0.25, 0.3) is 65.3 Å². The van der Waals surface area contributed by atoms with Gasteiger partial charge >= 0.3 is 0 Å². The van der Waals surface area contributed by atoms with Crippen molar-refractivity contribution in [2.45, 2.75) is 123 Å². The molecule has 2 aliphatic rings. The molecule has 0 unspecified atom stereocenters. The minimum Gasteiger partial charge on any atom is -0.493 e. The molecule has 0 saturated heterocycles. The number of rotatable bonds is 20. The summed E-state index contributed by atoms with van der Waals surface area (Å²) < 4.78 is 14.1. The van der Waals surface area contributed by atoms with Crippen LogP contribution < -0.4 is 9.47 Å². The zero-order valence-electron chi connectivity index (χ0n) is 34.2. The average Bonchev–Trinajstić information content (AvgIpc) is 3.24. The number of carbonyl (C=O) groups excluding carboxylic acids is 1. The molecule has 2 aliphatic carbocycles. The van der Waals surface area contributed by atoms with E-state index in [0.29, 0.717) is 13.2 Å². The molecule has 292 valence electrons. The Bertz CT molecular complexity index is 2560. The zero-order valence-corrected chi connectivity index (χ0v) is 34.2. The third kappa shape index (κ3) is 6.96. The van der Waals surface area contributed by atoms with Crippen LogP contribution in [0.3, 0.4) is 0 Å². The van der Waals surface area contributed by atoms with E-state index in [0.717, 1.165) is 74.6 Å². The van der Waals surface area contributed by atoms with Crippen LogP contribution in [-0.4, -0.2) is 19.0 Å². The number of ketones is 1. The molecule has 7 aromatic carbocycles. The molecule has 3 heteroatoms. The Kier molecular flexibility index (Phi) is 11.2. The van der Waals surface area contributed by atoms with E-state index in [1.807, 2.05) is 12.1 Å². The van der Waals surface area contributed by atoms with E-state index >= 15 is 0 Å². The van der Waals surface area contributed by atoms with Crippen LogP contribution in [0.15, 0.2) is 84.9 Å². The Morgan fingerprint density at radius 3 is 1.51 bits per heavy atom. The molecule has 0 N–H and O–H groups in total. The van der Waals surface area contributed by atoms with Crippen LogP contribution in [0, 0.1) is 0 Å². The Morgan fingerprint density at radius 1 is 0.404 bits per heavy atom. The number of unbranched alkanes of at least 4 members (excludes halogenated alkanes) is 14. The van der Waals surface area contributed by atoms with Gasteiger partial charge in [0.25, 0.3) is 0 Å². The van der Waals surface area contributed by atoms with Crippen molar-refractivity contribution in [3.8, 4) is 33.8 Å². The van der Waals surface area contributed by atoms with Crippen LogP contribution in [0.4, 0.5) is 0 Å².